The molecule has 0 atom stereocenters. The molecule has 0 spiro atoms. The van der Waals surface area contributed by atoms with Crippen LogP contribution in [-0.4, -0.2) is 16.3 Å². The van der Waals surface area contributed by atoms with Crippen LogP contribution < -0.4 is 4.74 Å². The molecule has 0 saturated carbocycles. The molecular weight excluding hydrogens is 240 g/mol. The minimum atomic E-state index is 0.405. The molecule has 0 aliphatic heterocycles. The topological polar surface area (TPSA) is 44.1 Å². The Kier molecular flexibility index (Phi) is 3.44. The van der Waals surface area contributed by atoms with Gasteiger partial charge in [-0.15, -0.1) is 0 Å². The second kappa shape index (κ2) is 5.01. The Morgan fingerprint density at radius 2 is 2.12 bits per heavy atom. The van der Waals surface area contributed by atoms with Gasteiger partial charge in [-0.1, -0.05) is 23.7 Å². The van der Waals surface area contributed by atoms with E-state index in [4.69, 9.17) is 16.3 Å². The molecule has 1 aromatic carbocycles. The number of hydrogen-bond acceptors (Lipinski definition) is 3. The largest absolute Gasteiger partial charge is 0.425 e. The molecule has 2 aromatic rings. The molecule has 1 heterocycles. The zero-order valence-corrected chi connectivity index (χ0v) is 10.0. The second-order valence-corrected chi connectivity index (χ2v) is 4.03. The molecule has 0 aliphatic rings. The lowest BCUT2D eigenvalue weighted by molar-refractivity contribution is -0.120. The number of benzene rings is 1. The Morgan fingerprint density at radius 1 is 1.41 bits per heavy atom. The monoisotopic (exact) mass is 250 g/mol. The quantitative estimate of drug-likeness (QED) is 0.782. The number of nitrogens with zero attached hydrogens (tertiary/aromatic N) is 2. The highest BCUT2D eigenvalue weighted by Crippen LogP contribution is 2.21. The predicted molar refractivity (Wildman–Crippen MR) is 64.2 cm³/mol. The van der Waals surface area contributed by atoms with Gasteiger partial charge in [0.15, 0.2) is 5.75 Å². The summed E-state index contributed by atoms with van der Waals surface area (Å²) in [5.41, 5.74) is 1.92. The molecule has 4 nitrogen and oxygen atoms in total. The van der Waals surface area contributed by atoms with Crippen molar-refractivity contribution in [2.24, 2.45) is 7.05 Å². The number of carbonyl (C=O) groups is 1. The first-order chi connectivity index (χ1) is 8.20. The molecule has 0 aliphatic carbocycles. The Balaban J connectivity index is 2.25. The van der Waals surface area contributed by atoms with Gasteiger partial charge in [-0.3, -0.25) is 9.48 Å². The van der Waals surface area contributed by atoms with Crippen LogP contribution in [-0.2, 0) is 18.3 Å². The predicted octanol–water partition coefficient (Wildman–Crippen LogP) is 2.20. The zero-order chi connectivity index (χ0) is 12.3. The van der Waals surface area contributed by atoms with Crippen LogP contribution in [0.3, 0.4) is 0 Å². The van der Waals surface area contributed by atoms with Crippen LogP contribution in [0.25, 0.3) is 0 Å². The molecule has 0 saturated heterocycles. The maximum absolute atomic E-state index is 10.4. The summed E-state index contributed by atoms with van der Waals surface area (Å²) in [6, 6.07) is 7.51. The van der Waals surface area contributed by atoms with E-state index in [1.807, 2.05) is 31.3 Å². The highest BCUT2D eigenvalue weighted by molar-refractivity contribution is 6.30. The van der Waals surface area contributed by atoms with E-state index in [2.05, 4.69) is 5.10 Å². The molecule has 88 valence electrons. The smallest absolute Gasteiger partial charge is 0.298 e. The number of halogens is 1. The second-order valence-electron chi connectivity index (χ2n) is 3.60. The van der Waals surface area contributed by atoms with Crippen LogP contribution in [0.15, 0.2) is 30.5 Å². The van der Waals surface area contributed by atoms with Gasteiger partial charge in [-0.05, 0) is 17.7 Å². The van der Waals surface area contributed by atoms with E-state index < -0.39 is 0 Å². The summed E-state index contributed by atoms with van der Waals surface area (Å²) in [5, 5.41) is 4.75. The fraction of sp³-hybridized carbons (Fsp3) is 0.167. The van der Waals surface area contributed by atoms with Gasteiger partial charge < -0.3 is 4.74 Å². The lowest BCUT2D eigenvalue weighted by atomic mass is 10.1. The Labute approximate surface area is 104 Å². The maximum Gasteiger partial charge on any atom is 0.298 e. The lowest BCUT2D eigenvalue weighted by Gasteiger charge is -2.04. The van der Waals surface area contributed by atoms with E-state index in [-0.39, 0.29) is 0 Å². The molecular formula is C12H11ClN2O2. The summed E-state index contributed by atoms with van der Waals surface area (Å²) < 4.78 is 6.55. The highest BCUT2D eigenvalue weighted by atomic mass is 35.5. The van der Waals surface area contributed by atoms with Crippen molar-refractivity contribution in [1.82, 2.24) is 9.78 Å². The SMILES string of the molecule is Cn1ncc(OC=O)c1Cc1ccc(Cl)cc1. The van der Waals surface area contributed by atoms with Crippen LogP contribution in [0.2, 0.25) is 5.02 Å². The molecule has 0 radical (unpaired) electrons. The third-order valence-corrected chi connectivity index (χ3v) is 2.74. The molecule has 0 unspecified atom stereocenters. The van der Waals surface area contributed by atoms with Crippen molar-refractivity contribution in [1.29, 1.82) is 0 Å². The maximum atomic E-state index is 10.4. The van der Waals surface area contributed by atoms with Gasteiger partial charge >= 0.3 is 0 Å². The van der Waals surface area contributed by atoms with Crippen LogP contribution in [0.4, 0.5) is 0 Å². The van der Waals surface area contributed by atoms with Gasteiger partial charge in [-0.25, -0.2) is 0 Å². The summed E-state index contributed by atoms with van der Waals surface area (Å²) in [6.07, 6.45) is 2.16. The van der Waals surface area contributed by atoms with Crippen molar-refractivity contribution in [3.05, 3.63) is 46.7 Å². The third kappa shape index (κ3) is 2.65. The average Bonchev–Trinajstić information content (AvgIpc) is 2.65. The van der Waals surface area contributed by atoms with Gasteiger partial charge in [0.2, 0.25) is 0 Å². The number of rotatable bonds is 4. The third-order valence-electron chi connectivity index (χ3n) is 2.48. The molecule has 0 amide bonds. The van der Waals surface area contributed by atoms with Crippen LogP contribution >= 0.6 is 11.6 Å². The van der Waals surface area contributed by atoms with Crippen molar-refractivity contribution in [2.75, 3.05) is 0 Å². The van der Waals surface area contributed by atoms with Crippen molar-refractivity contribution in [3.63, 3.8) is 0 Å². The number of hydrogen-bond donors (Lipinski definition) is 0. The minimum Gasteiger partial charge on any atom is -0.425 e. The van der Waals surface area contributed by atoms with Gasteiger partial charge in [-0.2, -0.15) is 5.10 Å². The van der Waals surface area contributed by atoms with E-state index >= 15 is 0 Å². The normalized spacial score (nSPS) is 10.2. The van der Waals surface area contributed by atoms with E-state index in [0.717, 1.165) is 11.3 Å². The molecule has 17 heavy (non-hydrogen) atoms. The van der Waals surface area contributed by atoms with Gasteiger partial charge in [0, 0.05) is 18.5 Å². The van der Waals surface area contributed by atoms with E-state index in [0.29, 0.717) is 23.7 Å². The summed E-state index contributed by atoms with van der Waals surface area (Å²) in [5.74, 6) is 0.484. The molecule has 1 aromatic heterocycles. The Morgan fingerprint density at radius 3 is 2.76 bits per heavy atom. The van der Waals surface area contributed by atoms with E-state index in [9.17, 15) is 4.79 Å². The van der Waals surface area contributed by atoms with E-state index in [1.165, 1.54) is 6.20 Å². The Hall–Kier alpha value is -1.81. The molecule has 0 bridgehead atoms. The first-order valence-electron chi connectivity index (χ1n) is 5.06. The minimum absolute atomic E-state index is 0.405. The number of ether oxygens (including phenoxy) is 1. The molecule has 0 fully saturated rings. The standard InChI is InChI=1S/C12H11ClN2O2/c1-15-11(12(7-14-15)17-8-16)6-9-2-4-10(13)5-3-9/h2-5,7-8H,6H2,1H3. The Bertz CT molecular complexity index is 520. The molecule has 0 N–H and O–H groups in total. The molecule has 5 heteroatoms. The number of carbonyl (C=O) groups excluding carboxylic acids is 1. The number of aryl methyl sites for hydroxylation is 1. The van der Waals surface area contributed by atoms with Crippen molar-refractivity contribution in [2.45, 2.75) is 6.42 Å². The van der Waals surface area contributed by atoms with Crippen LogP contribution in [0.1, 0.15) is 11.3 Å². The first kappa shape index (κ1) is 11.7. The van der Waals surface area contributed by atoms with Gasteiger partial charge in [0.1, 0.15) is 0 Å². The summed E-state index contributed by atoms with van der Waals surface area (Å²) in [6.45, 7) is 0.405. The fourth-order valence-electron chi connectivity index (χ4n) is 1.59. The van der Waals surface area contributed by atoms with Crippen molar-refractivity contribution < 1.29 is 9.53 Å². The van der Waals surface area contributed by atoms with Crippen LogP contribution in [0, 0.1) is 0 Å². The highest BCUT2D eigenvalue weighted by Gasteiger charge is 2.10. The number of aromatic nitrogens is 2. The summed E-state index contributed by atoms with van der Waals surface area (Å²) in [7, 11) is 1.81. The summed E-state index contributed by atoms with van der Waals surface area (Å²) in [4.78, 5) is 10.4. The van der Waals surface area contributed by atoms with E-state index in [1.54, 1.807) is 4.68 Å². The summed E-state index contributed by atoms with van der Waals surface area (Å²) >= 11 is 5.82. The average molecular weight is 251 g/mol. The molecule has 2 rings (SSSR count). The van der Waals surface area contributed by atoms with Crippen molar-refractivity contribution >= 4 is 18.1 Å². The van der Waals surface area contributed by atoms with Gasteiger partial charge in [0.25, 0.3) is 6.47 Å². The fourth-order valence-corrected chi connectivity index (χ4v) is 1.72. The zero-order valence-electron chi connectivity index (χ0n) is 9.26. The van der Waals surface area contributed by atoms with Gasteiger partial charge in [0.05, 0.1) is 11.9 Å². The van der Waals surface area contributed by atoms with Crippen molar-refractivity contribution in [3.8, 4) is 5.75 Å². The first-order valence-corrected chi connectivity index (χ1v) is 5.44. The lowest BCUT2D eigenvalue weighted by Crippen LogP contribution is -2.01. The van der Waals surface area contributed by atoms with Crippen LogP contribution in [0.5, 0.6) is 5.75 Å².